The van der Waals surface area contributed by atoms with Gasteiger partial charge in [0.15, 0.2) is 0 Å². The molecule has 6 heteroatoms. The summed E-state index contributed by atoms with van der Waals surface area (Å²) in [5.41, 5.74) is 2.78. The molecule has 0 unspecified atom stereocenters. The summed E-state index contributed by atoms with van der Waals surface area (Å²) in [7, 11) is 0. The average molecular weight is 452 g/mol. The van der Waals surface area contributed by atoms with Crippen LogP contribution in [0.5, 0.6) is 0 Å². The van der Waals surface area contributed by atoms with Gasteiger partial charge in [0, 0.05) is 20.9 Å². The molecule has 21 heavy (non-hydrogen) atoms. The third-order valence-electron chi connectivity index (χ3n) is 3.17. The second-order valence-corrected chi connectivity index (χ2v) is 6.89. The topological polar surface area (TPSA) is 17.8 Å². The minimum atomic E-state index is 0.505. The Hall–Kier alpha value is -0.490. The molecule has 0 N–H and O–H groups in total. The van der Waals surface area contributed by atoms with Crippen molar-refractivity contribution in [2.75, 3.05) is 5.88 Å². The number of halogens is 4. The van der Waals surface area contributed by atoms with E-state index in [1.807, 2.05) is 36.4 Å². The fourth-order valence-corrected chi connectivity index (χ4v) is 3.84. The fourth-order valence-electron chi connectivity index (χ4n) is 2.31. The number of benzene rings is 2. The minimum absolute atomic E-state index is 0.505. The smallest absolute Gasteiger partial charge is 0.115 e. The van der Waals surface area contributed by atoms with E-state index in [0.717, 1.165) is 26.1 Å². The van der Waals surface area contributed by atoms with Crippen molar-refractivity contribution in [3.63, 3.8) is 0 Å². The Kier molecular flexibility index (Phi) is 4.64. The third-order valence-corrected chi connectivity index (χ3v) is 4.76. The number of hydrogen-bond donors (Lipinski definition) is 0. The molecule has 2 aromatic carbocycles. The first-order valence-electron chi connectivity index (χ1n) is 6.29. The summed E-state index contributed by atoms with van der Waals surface area (Å²) in [5, 5.41) is 1.38. The van der Waals surface area contributed by atoms with Crippen LogP contribution in [0.3, 0.4) is 0 Å². The van der Waals surface area contributed by atoms with Gasteiger partial charge < -0.3 is 0 Å². The maximum atomic E-state index is 6.39. The summed E-state index contributed by atoms with van der Waals surface area (Å²) >= 11 is 20.6. The molecule has 2 nitrogen and oxygen atoms in total. The molecule has 3 rings (SSSR count). The van der Waals surface area contributed by atoms with Gasteiger partial charge in [0.25, 0.3) is 0 Å². The van der Waals surface area contributed by atoms with Crippen molar-refractivity contribution >= 4 is 68.4 Å². The van der Waals surface area contributed by atoms with E-state index >= 15 is 0 Å². The maximum Gasteiger partial charge on any atom is 0.115 e. The average Bonchev–Trinajstić information content (AvgIpc) is 2.79. The highest BCUT2D eigenvalue weighted by atomic mass is 127. The lowest BCUT2D eigenvalue weighted by molar-refractivity contribution is 0.909. The van der Waals surface area contributed by atoms with Gasteiger partial charge in [0.05, 0.1) is 21.7 Å². The third kappa shape index (κ3) is 2.89. The van der Waals surface area contributed by atoms with Crippen LogP contribution in [0.1, 0.15) is 5.82 Å². The van der Waals surface area contributed by atoms with Gasteiger partial charge in [-0.15, -0.1) is 11.6 Å². The number of nitrogens with zero attached hydrogens (tertiary/aromatic N) is 2. The number of hydrogen-bond acceptors (Lipinski definition) is 1. The van der Waals surface area contributed by atoms with E-state index in [9.17, 15) is 0 Å². The van der Waals surface area contributed by atoms with E-state index < -0.39 is 0 Å². The molecule has 0 spiro atoms. The molecule has 0 aliphatic rings. The molecule has 0 bridgehead atoms. The van der Waals surface area contributed by atoms with Crippen molar-refractivity contribution in [2.45, 2.75) is 6.42 Å². The zero-order valence-electron chi connectivity index (χ0n) is 10.8. The van der Waals surface area contributed by atoms with Crippen LogP contribution in [-0.2, 0) is 6.42 Å². The SMILES string of the molecule is ClCCc1nc2cccc(Cl)c2n1-c1ccc(Cl)cc1I. The van der Waals surface area contributed by atoms with E-state index in [0.29, 0.717) is 22.3 Å². The molecular formula is C15H10Cl3IN2. The van der Waals surface area contributed by atoms with Crippen molar-refractivity contribution in [3.05, 3.63) is 55.8 Å². The van der Waals surface area contributed by atoms with Crippen molar-refractivity contribution in [1.82, 2.24) is 9.55 Å². The molecule has 0 aliphatic carbocycles. The molecule has 0 amide bonds. The molecule has 1 heterocycles. The van der Waals surface area contributed by atoms with Crippen LogP contribution in [0, 0.1) is 3.57 Å². The van der Waals surface area contributed by atoms with Crippen LogP contribution < -0.4 is 0 Å². The first-order valence-corrected chi connectivity index (χ1v) is 8.66. The van der Waals surface area contributed by atoms with E-state index in [2.05, 4.69) is 32.1 Å². The Morgan fingerprint density at radius 3 is 2.67 bits per heavy atom. The Morgan fingerprint density at radius 1 is 1.14 bits per heavy atom. The number of aryl methyl sites for hydroxylation is 1. The van der Waals surface area contributed by atoms with Crippen LogP contribution in [0.15, 0.2) is 36.4 Å². The lowest BCUT2D eigenvalue weighted by Gasteiger charge is -2.12. The number of imidazole rings is 1. The predicted octanol–water partition coefficient (Wildman–Crippen LogP) is 5.72. The normalized spacial score (nSPS) is 11.2. The second kappa shape index (κ2) is 6.32. The highest BCUT2D eigenvalue weighted by Crippen LogP contribution is 2.31. The van der Waals surface area contributed by atoms with Gasteiger partial charge in [0.1, 0.15) is 5.82 Å². The Labute approximate surface area is 151 Å². The summed E-state index contributed by atoms with van der Waals surface area (Å²) < 4.78 is 3.10. The van der Waals surface area contributed by atoms with Crippen LogP contribution in [0.4, 0.5) is 0 Å². The van der Waals surface area contributed by atoms with Gasteiger partial charge in [-0.3, -0.25) is 4.57 Å². The van der Waals surface area contributed by atoms with Gasteiger partial charge in [-0.2, -0.15) is 0 Å². The zero-order chi connectivity index (χ0) is 15.0. The summed E-state index contributed by atoms with van der Waals surface area (Å²) in [6, 6.07) is 11.5. The van der Waals surface area contributed by atoms with Crippen LogP contribution in [0.2, 0.25) is 10.0 Å². The fraction of sp³-hybridized carbons (Fsp3) is 0.133. The van der Waals surface area contributed by atoms with Gasteiger partial charge in [-0.1, -0.05) is 29.3 Å². The van der Waals surface area contributed by atoms with E-state index in [4.69, 9.17) is 34.8 Å². The summed E-state index contributed by atoms with van der Waals surface area (Å²) in [4.78, 5) is 4.66. The van der Waals surface area contributed by atoms with Crippen molar-refractivity contribution < 1.29 is 0 Å². The number of fused-ring (bicyclic) bond motifs is 1. The highest BCUT2D eigenvalue weighted by molar-refractivity contribution is 14.1. The van der Waals surface area contributed by atoms with Gasteiger partial charge in [-0.25, -0.2) is 4.98 Å². The van der Waals surface area contributed by atoms with Crippen LogP contribution >= 0.6 is 57.4 Å². The Bertz CT molecular complexity index is 814. The minimum Gasteiger partial charge on any atom is -0.294 e. The molecule has 0 radical (unpaired) electrons. The molecule has 1 aromatic heterocycles. The van der Waals surface area contributed by atoms with Gasteiger partial charge in [0.2, 0.25) is 0 Å². The standard InChI is InChI=1S/C15H10Cl3IN2/c16-7-6-14-20-12-3-1-2-10(18)15(12)21(14)13-5-4-9(17)8-11(13)19/h1-5,8H,6-7H2. The largest absolute Gasteiger partial charge is 0.294 e. The quantitative estimate of drug-likeness (QED) is 0.368. The Morgan fingerprint density at radius 2 is 1.95 bits per heavy atom. The molecule has 0 aliphatic heterocycles. The molecular weight excluding hydrogens is 441 g/mol. The van der Waals surface area contributed by atoms with E-state index in [1.165, 1.54) is 0 Å². The van der Waals surface area contributed by atoms with Crippen molar-refractivity contribution in [2.24, 2.45) is 0 Å². The maximum absolute atomic E-state index is 6.39. The zero-order valence-corrected chi connectivity index (χ0v) is 15.2. The monoisotopic (exact) mass is 450 g/mol. The number of rotatable bonds is 3. The summed E-state index contributed by atoms with van der Waals surface area (Å²) in [5.74, 6) is 1.40. The van der Waals surface area contributed by atoms with Crippen molar-refractivity contribution in [3.8, 4) is 5.69 Å². The molecule has 0 fully saturated rings. The number of alkyl halides is 1. The number of aromatic nitrogens is 2. The predicted molar refractivity (Wildman–Crippen MR) is 98.2 cm³/mol. The first kappa shape index (κ1) is 15.4. The van der Waals surface area contributed by atoms with Gasteiger partial charge >= 0.3 is 0 Å². The summed E-state index contributed by atoms with van der Waals surface area (Å²) in [6.45, 7) is 0. The molecule has 108 valence electrons. The van der Waals surface area contributed by atoms with Crippen LogP contribution in [0.25, 0.3) is 16.7 Å². The first-order chi connectivity index (χ1) is 10.1. The second-order valence-electron chi connectivity index (χ2n) is 4.51. The lowest BCUT2D eigenvalue weighted by Crippen LogP contribution is -2.04. The van der Waals surface area contributed by atoms with E-state index in [1.54, 1.807) is 0 Å². The highest BCUT2D eigenvalue weighted by Gasteiger charge is 2.16. The van der Waals surface area contributed by atoms with Crippen LogP contribution in [-0.4, -0.2) is 15.4 Å². The van der Waals surface area contributed by atoms with Crippen molar-refractivity contribution in [1.29, 1.82) is 0 Å². The lowest BCUT2D eigenvalue weighted by atomic mass is 10.2. The molecule has 0 saturated carbocycles. The molecule has 0 atom stereocenters. The number of para-hydroxylation sites is 1. The summed E-state index contributed by atoms with van der Waals surface area (Å²) in [6.07, 6.45) is 0.672. The Balaban J connectivity index is 2.35. The van der Waals surface area contributed by atoms with Gasteiger partial charge in [-0.05, 0) is 52.9 Å². The molecule has 3 aromatic rings. The molecule has 0 saturated heterocycles. The van der Waals surface area contributed by atoms with E-state index in [-0.39, 0.29) is 0 Å².